The first-order valence-corrected chi connectivity index (χ1v) is 8.72. The van der Waals surface area contributed by atoms with Gasteiger partial charge >= 0.3 is 6.01 Å². The Morgan fingerprint density at radius 3 is 2.61 bits per heavy atom. The van der Waals surface area contributed by atoms with Gasteiger partial charge in [-0.25, -0.2) is 0 Å². The molecule has 0 saturated heterocycles. The van der Waals surface area contributed by atoms with Crippen molar-refractivity contribution in [3.63, 3.8) is 0 Å². The molecule has 4 aromatic rings. The van der Waals surface area contributed by atoms with Gasteiger partial charge < -0.3 is 14.3 Å². The standard InChI is InChI=1S/C21H17N5O2/c1-13-24-25-21(28-13)26(2)12-14-6-8-15(9-7-14)19-10-18-16(11-22)4-3-5-17(18)20(27)23-19/h3-10H,12H2,1-2H3,(H,23,27). The van der Waals surface area contributed by atoms with E-state index in [-0.39, 0.29) is 5.56 Å². The number of anilines is 1. The molecule has 4 rings (SSSR count). The number of hydrogen-bond donors (Lipinski definition) is 1. The summed E-state index contributed by atoms with van der Waals surface area (Å²) in [5.41, 5.74) is 2.88. The Bertz CT molecular complexity index is 1250. The topological polar surface area (TPSA) is 98.8 Å². The van der Waals surface area contributed by atoms with Crippen LogP contribution in [0.15, 0.2) is 57.7 Å². The van der Waals surface area contributed by atoms with E-state index in [4.69, 9.17) is 4.42 Å². The van der Waals surface area contributed by atoms with E-state index >= 15 is 0 Å². The Hall–Kier alpha value is -3.92. The lowest BCUT2D eigenvalue weighted by Crippen LogP contribution is -2.16. The van der Waals surface area contributed by atoms with Crippen LogP contribution >= 0.6 is 0 Å². The van der Waals surface area contributed by atoms with Gasteiger partial charge in [0, 0.05) is 37.0 Å². The van der Waals surface area contributed by atoms with Crippen LogP contribution < -0.4 is 10.5 Å². The third kappa shape index (κ3) is 3.23. The molecule has 0 aliphatic carbocycles. The second-order valence-corrected chi connectivity index (χ2v) is 6.55. The van der Waals surface area contributed by atoms with E-state index in [9.17, 15) is 10.1 Å². The summed E-state index contributed by atoms with van der Waals surface area (Å²) in [6.07, 6.45) is 0. The normalized spacial score (nSPS) is 10.8. The van der Waals surface area contributed by atoms with Crippen LogP contribution in [0.3, 0.4) is 0 Å². The number of benzene rings is 2. The molecular weight excluding hydrogens is 354 g/mol. The molecule has 28 heavy (non-hydrogen) atoms. The lowest BCUT2D eigenvalue weighted by atomic mass is 10.0. The molecule has 0 amide bonds. The number of nitriles is 1. The zero-order valence-electron chi connectivity index (χ0n) is 15.4. The summed E-state index contributed by atoms with van der Waals surface area (Å²) in [6, 6.07) is 17.4. The Morgan fingerprint density at radius 1 is 1.14 bits per heavy atom. The molecule has 7 heteroatoms. The van der Waals surface area contributed by atoms with E-state index in [1.807, 2.05) is 42.3 Å². The molecule has 0 fully saturated rings. The third-order valence-electron chi connectivity index (χ3n) is 4.53. The van der Waals surface area contributed by atoms with E-state index in [2.05, 4.69) is 21.3 Å². The lowest BCUT2D eigenvalue weighted by Gasteiger charge is -2.14. The monoisotopic (exact) mass is 371 g/mol. The number of aromatic amines is 1. The van der Waals surface area contributed by atoms with Crippen molar-refractivity contribution >= 4 is 16.8 Å². The fourth-order valence-electron chi connectivity index (χ4n) is 3.11. The van der Waals surface area contributed by atoms with Crippen molar-refractivity contribution < 1.29 is 4.42 Å². The average molecular weight is 371 g/mol. The van der Waals surface area contributed by atoms with Gasteiger partial charge in [-0.05, 0) is 29.3 Å². The second-order valence-electron chi connectivity index (χ2n) is 6.55. The molecular formula is C21H17N5O2. The van der Waals surface area contributed by atoms with Crippen molar-refractivity contribution in [2.45, 2.75) is 13.5 Å². The summed E-state index contributed by atoms with van der Waals surface area (Å²) in [7, 11) is 1.88. The molecule has 0 aliphatic heterocycles. The first kappa shape index (κ1) is 17.5. The summed E-state index contributed by atoms with van der Waals surface area (Å²) in [4.78, 5) is 17.2. The molecule has 0 spiro atoms. The maximum Gasteiger partial charge on any atom is 0.318 e. The van der Waals surface area contributed by atoms with Crippen molar-refractivity contribution in [1.82, 2.24) is 15.2 Å². The Balaban J connectivity index is 1.64. The predicted molar refractivity (Wildman–Crippen MR) is 106 cm³/mol. The molecule has 2 heterocycles. The number of fused-ring (bicyclic) bond motifs is 1. The number of hydrogen-bond acceptors (Lipinski definition) is 6. The Morgan fingerprint density at radius 2 is 1.93 bits per heavy atom. The van der Waals surface area contributed by atoms with E-state index in [1.165, 1.54) is 0 Å². The average Bonchev–Trinajstić information content (AvgIpc) is 3.14. The lowest BCUT2D eigenvalue weighted by molar-refractivity contribution is 0.511. The van der Waals surface area contributed by atoms with Crippen LogP contribution in [0, 0.1) is 18.3 Å². The van der Waals surface area contributed by atoms with Gasteiger partial charge in [0.15, 0.2) is 0 Å². The third-order valence-corrected chi connectivity index (χ3v) is 4.53. The Kier molecular flexibility index (Phi) is 4.38. The van der Waals surface area contributed by atoms with Crippen LogP contribution in [0.5, 0.6) is 0 Å². The molecule has 0 unspecified atom stereocenters. The molecule has 2 aromatic carbocycles. The maximum atomic E-state index is 12.4. The van der Waals surface area contributed by atoms with Crippen molar-refractivity contribution in [2.24, 2.45) is 0 Å². The molecule has 7 nitrogen and oxygen atoms in total. The van der Waals surface area contributed by atoms with Crippen LogP contribution in [-0.4, -0.2) is 22.2 Å². The van der Waals surface area contributed by atoms with Gasteiger partial charge in [0.2, 0.25) is 5.89 Å². The van der Waals surface area contributed by atoms with Crippen molar-refractivity contribution in [3.05, 3.63) is 75.9 Å². The number of nitrogens with one attached hydrogen (secondary N) is 1. The predicted octanol–water partition coefficient (Wildman–Crippen LogP) is 3.39. The van der Waals surface area contributed by atoms with Crippen LogP contribution in [0.4, 0.5) is 6.01 Å². The highest BCUT2D eigenvalue weighted by molar-refractivity contribution is 5.89. The van der Waals surface area contributed by atoms with Gasteiger partial charge in [-0.15, -0.1) is 5.10 Å². The quantitative estimate of drug-likeness (QED) is 0.590. The molecule has 1 N–H and O–H groups in total. The van der Waals surface area contributed by atoms with E-state index in [0.29, 0.717) is 40.5 Å². The highest BCUT2D eigenvalue weighted by Gasteiger charge is 2.10. The molecule has 0 radical (unpaired) electrons. The first-order chi connectivity index (χ1) is 13.5. The van der Waals surface area contributed by atoms with Gasteiger partial charge in [0.25, 0.3) is 5.56 Å². The van der Waals surface area contributed by atoms with Crippen LogP contribution in [0.2, 0.25) is 0 Å². The summed E-state index contributed by atoms with van der Waals surface area (Å²) < 4.78 is 5.42. The van der Waals surface area contributed by atoms with Crippen LogP contribution in [0.1, 0.15) is 17.0 Å². The number of aromatic nitrogens is 3. The van der Waals surface area contributed by atoms with E-state index in [0.717, 1.165) is 11.1 Å². The molecule has 0 atom stereocenters. The van der Waals surface area contributed by atoms with Gasteiger partial charge in [-0.2, -0.15) is 5.26 Å². The smallest absolute Gasteiger partial charge is 0.318 e. The van der Waals surface area contributed by atoms with Gasteiger partial charge in [-0.3, -0.25) is 4.79 Å². The highest BCUT2D eigenvalue weighted by atomic mass is 16.4. The van der Waals surface area contributed by atoms with Crippen molar-refractivity contribution in [2.75, 3.05) is 11.9 Å². The largest absolute Gasteiger partial charge is 0.408 e. The Labute approximate surface area is 160 Å². The van der Waals surface area contributed by atoms with E-state index < -0.39 is 0 Å². The number of pyridine rings is 1. The summed E-state index contributed by atoms with van der Waals surface area (Å²) in [5.74, 6) is 0.522. The fraction of sp³-hybridized carbons (Fsp3) is 0.143. The minimum absolute atomic E-state index is 0.208. The zero-order valence-corrected chi connectivity index (χ0v) is 15.4. The summed E-state index contributed by atoms with van der Waals surface area (Å²) >= 11 is 0. The molecule has 0 saturated carbocycles. The molecule has 2 aromatic heterocycles. The summed E-state index contributed by atoms with van der Waals surface area (Å²) in [6.45, 7) is 2.36. The first-order valence-electron chi connectivity index (χ1n) is 8.72. The summed E-state index contributed by atoms with van der Waals surface area (Å²) in [5, 5.41) is 18.3. The van der Waals surface area contributed by atoms with E-state index in [1.54, 1.807) is 25.1 Å². The van der Waals surface area contributed by atoms with Crippen LogP contribution in [0.25, 0.3) is 22.0 Å². The van der Waals surface area contributed by atoms with Gasteiger partial charge in [0.05, 0.1) is 11.6 Å². The SMILES string of the molecule is Cc1nnc(N(C)Cc2ccc(-c3cc4c(C#N)cccc4c(=O)[nH]3)cc2)o1. The van der Waals surface area contributed by atoms with Crippen molar-refractivity contribution in [3.8, 4) is 17.3 Å². The number of nitrogens with zero attached hydrogens (tertiary/aromatic N) is 4. The number of H-pyrrole nitrogens is 1. The minimum atomic E-state index is -0.208. The zero-order chi connectivity index (χ0) is 19.7. The molecule has 138 valence electrons. The van der Waals surface area contributed by atoms with Gasteiger partial charge in [0.1, 0.15) is 0 Å². The van der Waals surface area contributed by atoms with Crippen LogP contribution in [-0.2, 0) is 6.54 Å². The fourth-order valence-corrected chi connectivity index (χ4v) is 3.11. The molecule has 0 aliphatic rings. The molecule has 0 bridgehead atoms. The van der Waals surface area contributed by atoms with Crippen molar-refractivity contribution in [1.29, 1.82) is 5.26 Å². The maximum absolute atomic E-state index is 12.4. The second kappa shape index (κ2) is 7.00. The number of aryl methyl sites for hydroxylation is 1. The number of rotatable bonds is 4. The minimum Gasteiger partial charge on any atom is -0.408 e. The van der Waals surface area contributed by atoms with Gasteiger partial charge in [-0.1, -0.05) is 35.4 Å². The highest BCUT2D eigenvalue weighted by Crippen LogP contribution is 2.23.